The Labute approximate surface area is 120 Å². The van der Waals surface area contributed by atoms with Gasteiger partial charge < -0.3 is 9.84 Å². The van der Waals surface area contributed by atoms with Crippen LogP contribution in [-0.4, -0.2) is 37.2 Å². The van der Waals surface area contributed by atoms with E-state index in [1.54, 1.807) is 29.1 Å². The Hall–Kier alpha value is -2.80. The van der Waals surface area contributed by atoms with E-state index in [0.717, 1.165) is 11.4 Å². The highest BCUT2D eigenvalue weighted by molar-refractivity contribution is 5.57. The zero-order chi connectivity index (χ0) is 14.7. The molecule has 0 bridgehead atoms. The first kappa shape index (κ1) is 13.2. The zero-order valence-corrected chi connectivity index (χ0v) is 11.3. The minimum absolute atomic E-state index is 0.156. The second-order valence-electron chi connectivity index (χ2n) is 4.24. The van der Waals surface area contributed by atoms with Crippen LogP contribution in [0.4, 0.5) is 0 Å². The summed E-state index contributed by atoms with van der Waals surface area (Å²) in [6.07, 6.45) is 1.70. The molecule has 0 atom stereocenters. The highest BCUT2D eigenvalue weighted by Crippen LogP contribution is 2.21. The molecule has 0 spiro atoms. The number of ether oxygens (including phenoxy) is 1. The van der Waals surface area contributed by atoms with Gasteiger partial charge in [-0.2, -0.15) is 5.10 Å². The Balaban J connectivity index is 2.10. The first-order chi connectivity index (χ1) is 10.3. The normalized spacial score (nSPS) is 10.6. The molecular formula is C14H13N5O2. The molecule has 3 heterocycles. The second kappa shape index (κ2) is 5.68. The molecule has 0 aliphatic carbocycles. The van der Waals surface area contributed by atoms with Gasteiger partial charge in [0.25, 0.3) is 0 Å². The predicted octanol–water partition coefficient (Wildman–Crippen LogP) is 1.23. The number of hydrogen-bond acceptors (Lipinski definition) is 6. The van der Waals surface area contributed by atoms with E-state index in [1.807, 2.05) is 18.2 Å². The second-order valence-corrected chi connectivity index (χ2v) is 4.24. The fourth-order valence-corrected chi connectivity index (χ4v) is 1.91. The smallest absolute Gasteiger partial charge is 0.233 e. The lowest BCUT2D eigenvalue weighted by atomic mass is 10.2. The van der Waals surface area contributed by atoms with Crippen LogP contribution in [0.2, 0.25) is 0 Å². The van der Waals surface area contributed by atoms with E-state index in [0.29, 0.717) is 17.4 Å². The largest absolute Gasteiger partial charge is 0.480 e. The number of pyridine rings is 1. The van der Waals surface area contributed by atoms with E-state index < -0.39 is 0 Å². The molecule has 0 amide bonds. The Morgan fingerprint density at radius 2 is 2.10 bits per heavy atom. The molecule has 0 aromatic carbocycles. The summed E-state index contributed by atoms with van der Waals surface area (Å²) in [6.45, 7) is -0.156. The van der Waals surface area contributed by atoms with Crippen LogP contribution in [0.15, 0.2) is 42.6 Å². The van der Waals surface area contributed by atoms with Gasteiger partial charge in [0, 0.05) is 12.3 Å². The molecule has 0 unspecified atom stereocenters. The topological polar surface area (TPSA) is 86.0 Å². The van der Waals surface area contributed by atoms with Crippen molar-refractivity contribution in [2.24, 2.45) is 0 Å². The molecular weight excluding hydrogens is 270 g/mol. The van der Waals surface area contributed by atoms with E-state index in [4.69, 9.17) is 4.74 Å². The number of nitrogens with zero attached hydrogens (tertiary/aromatic N) is 5. The Kier molecular flexibility index (Phi) is 3.57. The van der Waals surface area contributed by atoms with E-state index in [2.05, 4.69) is 20.3 Å². The van der Waals surface area contributed by atoms with Gasteiger partial charge >= 0.3 is 0 Å². The lowest BCUT2D eigenvalue weighted by Gasteiger charge is -2.05. The summed E-state index contributed by atoms with van der Waals surface area (Å²) in [4.78, 5) is 4.30. The number of aliphatic hydroxyl groups is 1. The van der Waals surface area contributed by atoms with E-state index in [9.17, 15) is 5.11 Å². The molecule has 7 nitrogen and oxygen atoms in total. The number of rotatable bonds is 4. The van der Waals surface area contributed by atoms with E-state index in [1.165, 1.54) is 7.11 Å². The summed E-state index contributed by atoms with van der Waals surface area (Å²) in [5, 5.41) is 21.6. The van der Waals surface area contributed by atoms with Gasteiger partial charge in [0.1, 0.15) is 0 Å². The number of hydrogen-bond donors (Lipinski definition) is 1. The van der Waals surface area contributed by atoms with Crippen LogP contribution in [0.3, 0.4) is 0 Å². The van der Waals surface area contributed by atoms with Crippen LogP contribution < -0.4 is 4.74 Å². The first-order valence-corrected chi connectivity index (χ1v) is 6.31. The van der Waals surface area contributed by atoms with Gasteiger partial charge in [-0.25, -0.2) is 4.68 Å². The average Bonchev–Trinajstić information content (AvgIpc) is 3.00. The first-order valence-electron chi connectivity index (χ1n) is 6.31. The predicted molar refractivity (Wildman–Crippen MR) is 74.9 cm³/mol. The van der Waals surface area contributed by atoms with Crippen molar-refractivity contribution in [3.63, 3.8) is 0 Å². The third-order valence-corrected chi connectivity index (χ3v) is 2.90. The van der Waals surface area contributed by atoms with Gasteiger partial charge in [0.15, 0.2) is 5.82 Å². The van der Waals surface area contributed by atoms with Crippen LogP contribution in [0, 0.1) is 0 Å². The molecule has 0 saturated carbocycles. The molecule has 21 heavy (non-hydrogen) atoms. The van der Waals surface area contributed by atoms with Crippen molar-refractivity contribution in [3.05, 3.63) is 48.3 Å². The zero-order valence-electron chi connectivity index (χ0n) is 11.3. The van der Waals surface area contributed by atoms with Crippen molar-refractivity contribution in [3.8, 4) is 23.1 Å². The number of methoxy groups -OCH3 is 1. The van der Waals surface area contributed by atoms with Crippen LogP contribution >= 0.6 is 0 Å². The van der Waals surface area contributed by atoms with Crippen molar-refractivity contribution in [1.29, 1.82) is 0 Å². The Morgan fingerprint density at radius 3 is 2.71 bits per heavy atom. The summed E-state index contributed by atoms with van der Waals surface area (Å²) in [6, 6.07) is 10.8. The van der Waals surface area contributed by atoms with Crippen LogP contribution in [-0.2, 0) is 6.61 Å². The third-order valence-electron chi connectivity index (χ3n) is 2.90. The summed E-state index contributed by atoms with van der Waals surface area (Å²) in [5.41, 5.74) is 2.01. The lowest BCUT2D eigenvalue weighted by Crippen LogP contribution is -2.04. The minimum atomic E-state index is -0.156. The molecule has 1 N–H and O–H groups in total. The summed E-state index contributed by atoms with van der Waals surface area (Å²) < 4.78 is 6.59. The maximum Gasteiger partial charge on any atom is 0.233 e. The van der Waals surface area contributed by atoms with Crippen LogP contribution in [0.5, 0.6) is 5.88 Å². The molecule has 3 aromatic rings. The van der Waals surface area contributed by atoms with Crippen molar-refractivity contribution in [1.82, 2.24) is 25.0 Å². The quantitative estimate of drug-likeness (QED) is 0.775. The number of aliphatic hydroxyl groups excluding tert-OH is 1. The fraction of sp³-hybridized carbons (Fsp3) is 0.143. The number of aromatic nitrogens is 5. The highest BCUT2D eigenvalue weighted by atomic mass is 16.5. The molecule has 0 radical (unpaired) electrons. The minimum Gasteiger partial charge on any atom is -0.480 e. The monoisotopic (exact) mass is 283 g/mol. The van der Waals surface area contributed by atoms with Crippen molar-refractivity contribution in [2.45, 2.75) is 6.61 Å². The standard InChI is InChI=1S/C14H13N5O2/c1-21-14-6-5-13(16-17-14)19-12(8-10(9-20)18-19)11-4-2-3-7-15-11/h2-8,20H,9H2,1H3. The van der Waals surface area contributed by atoms with Gasteiger partial charge in [-0.05, 0) is 24.3 Å². The SMILES string of the molecule is COc1ccc(-n2nc(CO)cc2-c2ccccn2)nn1. The van der Waals surface area contributed by atoms with Crippen molar-refractivity contribution < 1.29 is 9.84 Å². The van der Waals surface area contributed by atoms with Gasteiger partial charge in [-0.1, -0.05) is 6.07 Å². The van der Waals surface area contributed by atoms with Crippen LogP contribution in [0.25, 0.3) is 17.2 Å². The average molecular weight is 283 g/mol. The molecule has 106 valence electrons. The molecule has 0 saturated heterocycles. The molecule has 3 rings (SSSR count). The van der Waals surface area contributed by atoms with Gasteiger partial charge in [0.2, 0.25) is 5.88 Å². The highest BCUT2D eigenvalue weighted by Gasteiger charge is 2.13. The maximum absolute atomic E-state index is 9.30. The fourth-order valence-electron chi connectivity index (χ4n) is 1.91. The van der Waals surface area contributed by atoms with Gasteiger partial charge in [0.05, 0.1) is 30.8 Å². The molecule has 0 aliphatic rings. The molecule has 3 aromatic heterocycles. The Bertz CT molecular complexity index is 725. The lowest BCUT2D eigenvalue weighted by molar-refractivity contribution is 0.276. The maximum atomic E-state index is 9.30. The van der Waals surface area contributed by atoms with Crippen molar-refractivity contribution >= 4 is 0 Å². The summed E-state index contributed by atoms with van der Waals surface area (Å²) >= 11 is 0. The van der Waals surface area contributed by atoms with Crippen molar-refractivity contribution in [2.75, 3.05) is 7.11 Å². The van der Waals surface area contributed by atoms with Crippen LogP contribution in [0.1, 0.15) is 5.69 Å². The van der Waals surface area contributed by atoms with E-state index >= 15 is 0 Å². The van der Waals surface area contributed by atoms with Gasteiger partial charge in [-0.15, -0.1) is 10.2 Å². The molecule has 0 fully saturated rings. The summed E-state index contributed by atoms with van der Waals surface area (Å²) in [5.74, 6) is 0.948. The molecule has 7 heteroatoms. The van der Waals surface area contributed by atoms with E-state index in [-0.39, 0.29) is 6.61 Å². The Morgan fingerprint density at radius 1 is 1.19 bits per heavy atom. The summed E-state index contributed by atoms with van der Waals surface area (Å²) in [7, 11) is 1.53. The van der Waals surface area contributed by atoms with Gasteiger partial charge in [-0.3, -0.25) is 4.98 Å². The molecule has 0 aliphatic heterocycles. The third kappa shape index (κ3) is 2.59.